The van der Waals surface area contributed by atoms with Crippen LogP contribution in [0.5, 0.6) is 0 Å². The van der Waals surface area contributed by atoms with Crippen molar-refractivity contribution in [2.45, 2.75) is 51.9 Å². The van der Waals surface area contributed by atoms with Gasteiger partial charge in [0.15, 0.2) is 0 Å². The quantitative estimate of drug-likeness (QED) is 0.749. The van der Waals surface area contributed by atoms with Gasteiger partial charge in [-0.25, -0.2) is 0 Å². The molecule has 17 heavy (non-hydrogen) atoms. The summed E-state index contributed by atoms with van der Waals surface area (Å²) in [5, 5.41) is 3.64. The molecule has 1 aromatic rings. The molecule has 2 aliphatic rings. The molecule has 0 spiro atoms. The van der Waals surface area contributed by atoms with Crippen LogP contribution in [-0.2, 0) is 0 Å². The first-order valence-corrected chi connectivity index (χ1v) is 7.04. The Morgan fingerprint density at radius 3 is 2.71 bits per heavy atom. The maximum absolute atomic E-state index is 3.64. The van der Waals surface area contributed by atoms with Gasteiger partial charge in [-0.1, -0.05) is 44.4 Å². The molecule has 1 nitrogen and oxygen atoms in total. The summed E-state index contributed by atoms with van der Waals surface area (Å²) in [7, 11) is 0. The van der Waals surface area contributed by atoms with Gasteiger partial charge in [0.1, 0.15) is 0 Å². The van der Waals surface area contributed by atoms with Gasteiger partial charge in [-0.15, -0.1) is 0 Å². The Morgan fingerprint density at radius 1 is 1.18 bits per heavy atom. The number of nitrogens with one attached hydrogen (secondary N) is 1. The molecule has 0 radical (unpaired) electrons. The minimum absolute atomic E-state index is 0.532. The number of benzene rings is 1. The maximum atomic E-state index is 3.64. The molecule has 0 bridgehead atoms. The van der Waals surface area contributed by atoms with Crippen molar-refractivity contribution in [1.29, 1.82) is 0 Å². The summed E-state index contributed by atoms with van der Waals surface area (Å²) in [5.41, 5.74) is 4.94. The van der Waals surface area contributed by atoms with Crippen LogP contribution in [0.3, 0.4) is 0 Å². The van der Waals surface area contributed by atoms with Crippen LogP contribution in [0.1, 0.15) is 56.1 Å². The van der Waals surface area contributed by atoms with Crippen LogP contribution in [0.25, 0.3) is 0 Å². The van der Waals surface area contributed by atoms with Gasteiger partial charge in [0.05, 0.1) is 0 Å². The van der Waals surface area contributed by atoms with E-state index >= 15 is 0 Å². The third-order valence-corrected chi connectivity index (χ3v) is 5.00. The van der Waals surface area contributed by atoms with Crippen molar-refractivity contribution >= 4 is 5.69 Å². The van der Waals surface area contributed by atoms with Gasteiger partial charge in [0.25, 0.3) is 0 Å². The number of para-hydroxylation sites is 1. The highest BCUT2D eigenvalue weighted by Gasteiger charge is 2.39. The van der Waals surface area contributed by atoms with Crippen LogP contribution >= 0.6 is 0 Å². The smallest absolute Gasteiger partial charge is 0.0406 e. The van der Waals surface area contributed by atoms with E-state index in [1.165, 1.54) is 43.4 Å². The lowest BCUT2D eigenvalue weighted by Gasteiger charge is -2.39. The van der Waals surface area contributed by atoms with E-state index in [9.17, 15) is 0 Å². The normalized spacial score (nSPS) is 26.4. The minimum atomic E-state index is 0.532. The first kappa shape index (κ1) is 11.1. The van der Waals surface area contributed by atoms with Crippen molar-refractivity contribution < 1.29 is 0 Å². The summed E-state index contributed by atoms with van der Waals surface area (Å²) >= 11 is 0. The second kappa shape index (κ2) is 4.04. The third-order valence-electron chi connectivity index (χ3n) is 5.00. The van der Waals surface area contributed by atoms with Crippen molar-refractivity contribution in [2.24, 2.45) is 5.41 Å². The Morgan fingerprint density at radius 2 is 1.94 bits per heavy atom. The zero-order valence-corrected chi connectivity index (χ0v) is 11.1. The van der Waals surface area contributed by atoms with E-state index in [0.717, 1.165) is 12.5 Å². The predicted molar refractivity (Wildman–Crippen MR) is 73.6 cm³/mol. The van der Waals surface area contributed by atoms with E-state index in [2.05, 4.69) is 37.4 Å². The summed E-state index contributed by atoms with van der Waals surface area (Å²) in [6.45, 7) is 5.88. The Kier molecular flexibility index (Phi) is 2.65. The number of rotatable bonds is 1. The van der Waals surface area contributed by atoms with Crippen LogP contribution < -0.4 is 5.32 Å². The van der Waals surface area contributed by atoms with Crippen molar-refractivity contribution in [3.8, 4) is 0 Å². The number of hydrogen-bond donors (Lipinski definition) is 1. The van der Waals surface area contributed by atoms with Gasteiger partial charge >= 0.3 is 0 Å². The lowest BCUT2D eigenvalue weighted by atomic mass is 9.65. The van der Waals surface area contributed by atoms with Crippen LogP contribution in [0, 0.1) is 12.3 Å². The first-order valence-electron chi connectivity index (χ1n) is 7.04. The van der Waals surface area contributed by atoms with E-state index < -0.39 is 0 Å². The molecule has 1 N–H and O–H groups in total. The average molecular weight is 229 g/mol. The van der Waals surface area contributed by atoms with Gasteiger partial charge < -0.3 is 5.32 Å². The van der Waals surface area contributed by atoms with Gasteiger partial charge in [-0.3, -0.25) is 0 Å². The van der Waals surface area contributed by atoms with Gasteiger partial charge in [-0.05, 0) is 36.3 Å². The molecule has 0 aromatic heterocycles. The predicted octanol–water partition coefficient (Wildman–Crippen LogP) is 4.47. The Hall–Kier alpha value is -0.980. The summed E-state index contributed by atoms with van der Waals surface area (Å²) in [6.07, 6.45) is 7.11. The molecule has 1 saturated carbocycles. The number of hydrogen-bond acceptors (Lipinski definition) is 1. The Labute approximate surface area is 105 Å². The first-order chi connectivity index (χ1) is 8.21. The second-order valence-corrected chi connectivity index (χ2v) is 6.19. The monoisotopic (exact) mass is 229 g/mol. The van der Waals surface area contributed by atoms with E-state index in [-0.39, 0.29) is 0 Å². The zero-order chi connectivity index (χ0) is 11.9. The zero-order valence-electron chi connectivity index (χ0n) is 11.1. The molecule has 1 aliphatic heterocycles. The number of anilines is 1. The Bertz CT molecular complexity index is 416. The molecule has 92 valence electrons. The fraction of sp³-hybridized carbons (Fsp3) is 0.625. The maximum Gasteiger partial charge on any atom is 0.0406 e. The molecule has 1 unspecified atom stereocenters. The van der Waals surface area contributed by atoms with Crippen molar-refractivity contribution in [3.63, 3.8) is 0 Å². The molecule has 1 heteroatoms. The third kappa shape index (κ3) is 1.76. The average Bonchev–Trinajstić information content (AvgIpc) is 2.76. The largest absolute Gasteiger partial charge is 0.384 e. The van der Waals surface area contributed by atoms with Gasteiger partial charge in [0, 0.05) is 18.2 Å². The molecule has 1 aromatic carbocycles. The van der Waals surface area contributed by atoms with E-state index in [0.29, 0.717) is 5.41 Å². The fourth-order valence-corrected chi connectivity index (χ4v) is 3.87. The van der Waals surface area contributed by atoms with Crippen LogP contribution in [0.15, 0.2) is 18.2 Å². The number of aryl methyl sites for hydroxylation is 1. The fourth-order valence-electron chi connectivity index (χ4n) is 3.87. The summed E-state index contributed by atoms with van der Waals surface area (Å²) < 4.78 is 0. The molecular formula is C16H23N. The van der Waals surface area contributed by atoms with Crippen LogP contribution in [0.4, 0.5) is 5.69 Å². The molecule has 0 saturated heterocycles. The molecular weight excluding hydrogens is 206 g/mol. The van der Waals surface area contributed by atoms with Crippen LogP contribution in [-0.4, -0.2) is 6.54 Å². The molecule has 1 heterocycles. The lowest BCUT2D eigenvalue weighted by molar-refractivity contribution is 0.177. The molecule has 3 rings (SSSR count). The minimum Gasteiger partial charge on any atom is -0.384 e. The number of fused-ring (bicyclic) bond motifs is 1. The van der Waals surface area contributed by atoms with Gasteiger partial charge in [-0.2, -0.15) is 0 Å². The highest BCUT2D eigenvalue weighted by atomic mass is 14.9. The van der Waals surface area contributed by atoms with Crippen molar-refractivity contribution in [1.82, 2.24) is 0 Å². The van der Waals surface area contributed by atoms with E-state index in [1.54, 1.807) is 5.56 Å². The topological polar surface area (TPSA) is 12.0 Å². The van der Waals surface area contributed by atoms with Crippen molar-refractivity contribution in [2.75, 3.05) is 11.9 Å². The summed E-state index contributed by atoms with van der Waals surface area (Å²) in [4.78, 5) is 0. The standard InChI is InChI=1S/C16H23N/c1-12-7-6-8-13-14(11-17-15(12)13)16(2)9-4-3-5-10-16/h6-8,14,17H,3-5,9-11H2,1-2H3. The molecule has 1 aliphatic carbocycles. The molecule has 1 fully saturated rings. The highest BCUT2D eigenvalue weighted by Crippen LogP contribution is 2.51. The van der Waals surface area contributed by atoms with Crippen molar-refractivity contribution in [3.05, 3.63) is 29.3 Å². The highest BCUT2D eigenvalue weighted by molar-refractivity contribution is 5.63. The van der Waals surface area contributed by atoms with Gasteiger partial charge in [0.2, 0.25) is 0 Å². The van der Waals surface area contributed by atoms with Crippen LogP contribution in [0.2, 0.25) is 0 Å². The molecule has 0 amide bonds. The second-order valence-electron chi connectivity index (χ2n) is 6.19. The SMILES string of the molecule is Cc1cccc2c1NCC2C1(C)CCCCC1. The molecule has 1 atom stereocenters. The summed E-state index contributed by atoms with van der Waals surface area (Å²) in [5.74, 6) is 0.734. The Balaban J connectivity index is 1.95. The van der Waals surface area contributed by atoms with E-state index in [1.807, 2.05) is 0 Å². The lowest BCUT2D eigenvalue weighted by Crippen LogP contribution is -2.29. The summed E-state index contributed by atoms with van der Waals surface area (Å²) in [6, 6.07) is 6.78. The van der Waals surface area contributed by atoms with E-state index in [4.69, 9.17) is 0 Å².